The summed E-state index contributed by atoms with van der Waals surface area (Å²) in [6.45, 7) is 0. The van der Waals surface area contributed by atoms with Crippen LogP contribution in [0, 0.1) is 0 Å². The molecule has 11 aromatic rings. The van der Waals surface area contributed by atoms with Gasteiger partial charge in [-0.1, -0.05) is 121 Å². The normalized spacial score (nSPS) is 11.9. The maximum atomic E-state index is 2.45. The van der Waals surface area contributed by atoms with Gasteiger partial charge in [-0.3, -0.25) is 0 Å². The first-order valence-electron chi connectivity index (χ1n) is 17.2. The van der Waals surface area contributed by atoms with Gasteiger partial charge in [0.1, 0.15) is 0 Å². The van der Waals surface area contributed by atoms with Crippen LogP contribution in [-0.2, 0) is 0 Å². The van der Waals surface area contributed by atoms with Gasteiger partial charge in [0, 0.05) is 25.7 Å². The lowest BCUT2D eigenvalue weighted by atomic mass is 9.86. The van der Waals surface area contributed by atoms with Crippen molar-refractivity contribution >= 4 is 97.3 Å². The van der Waals surface area contributed by atoms with Crippen LogP contribution in [-0.4, -0.2) is 0 Å². The Labute approximate surface area is 307 Å². The molecule has 0 amide bonds. The van der Waals surface area contributed by atoms with E-state index in [4.69, 9.17) is 0 Å². The van der Waals surface area contributed by atoms with E-state index >= 15 is 0 Å². The molecule has 51 heavy (non-hydrogen) atoms. The molecule has 3 heterocycles. The summed E-state index contributed by atoms with van der Waals surface area (Å²) in [5.41, 5.74) is 10.4. The van der Waals surface area contributed by atoms with E-state index in [0.29, 0.717) is 0 Å². The van der Waals surface area contributed by atoms with E-state index in [1.165, 1.54) is 108 Å². The minimum absolute atomic E-state index is 1.26. The Morgan fingerprint density at radius 3 is 1.20 bits per heavy atom. The predicted molar refractivity (Wildman–Crippen MR) is 227 cm³/mol. The van der Waals surface area contributed by atoms with Crippen molar-refractivity contribution < 1.29 is 0 Å². The van der Waals surface area contributed by atoms with Gasteiger partial charge in [-0.05, 0) is 128 Å². The minimum atomic E-state index is 1.26. The smallest absolute Gasteiger partial charge is 0.0434 e. The van der Waals surface area contributed by atoms with E-state index in [1.54, 1.807) is 22.7 Å². The summed E-state index contributed by atoms with van der Waals surface area (Å²) in [6, 6.07) is 54.4. The van der Waals surface area contributed by atoms with Crippen LogP contribution < -0.4 is 0 Å². The Bertz CT molecular complexity index is 3010. The fourth-order valence-corrected chi connectivity index (χ4v) is 10.9. The summed E-state index contributed by atoms with van der Waals surface area (Å²) in [7, 11) is 0. The van der Waals surface area contributed by atoms with Gasteiger partial charge in [0.25, 0.3) is 0 Å². The maximum Gasteiger partial charge on any atom is 0.0434 e. The molecule has 0 spiro atoms. The summed E-state index contributed by atoms with van der Waals surface area (Å²) >= 11 is 5.43. The van der Waals surface area contributed by atoms with Crippen molar-refractivity contribution in [3.63, 3.8) is 0 Å². The highest BCUT2D eigenvalue weighted by Gasteiger charge is 2.21. The highest BCUT2D eigenvalue weighted by molar-refractivity contribution is 7.26. The summed E-state index contributed by atoms with van der Waals surface area (Å²) in [4.78, 5) is 0. The largest absolute Gasteiger partial charge is 0.152 e. The molecule has 0 bridgehead atoms. The van der Waals surface area contributed by atoms with Crippen molar-refractivity contribution in [2.24, 2.45) is 0 Å². The molecule has 0 nitrogen and oxygen atoms in total. The summed E-state index contributed by atoms with van der Waals surface area (Å²) < 4.78 is 2.65. The SMILES string of the molecule is c1ccc2c(-c3ccc4sc5c(-c6c7ccccc7c(-c7ccsc7)c7ccccc67)cccc5c4c3)c3ccccc3c(-c3ccsc3)c2c1. The Morgan fingerprint density at radius 1 is 0.314 bits per heavy atom. The zero-order chi connectivity index (χ0) is 33.5. The van der Waals surface area contributed by atoms with Crippen LogP contribution in [0.5, 0.6) is 0 Å². The molecule has 0 saturated heterocycles. The molecule has 0 radical (unpaired) electrons. The third kappa shape index (κ3) is 4.36. The van der Waals surface area contributed by atoms with Crippen LogP contribution in [0.3, 0.4) is 0 Å². The number of fused-ring (bicyclic) bond motifs is 7. The van der Waals surface area contributed by atoms with Gasteiger partial charge >= 0.3 is 0 Å². The average Bonchev–Trinajstić information content (AvgIpc) is 3.98. The van der Waals surface area contributed by atoms with Crippen LogP contribution in [0.25, 0.3) is 108 Å². The second-order valence-electron chi connectivity index (χ2n) is 13.2. The van der Waals surface area contributed by atoms with E-state index in [1.807, 2.05) is 11.3 Å². The lowest BCUT2D eigenvalue weighted by Gasteiger charge is -2.17. The lowest BCUT2D eigenvalue weighted by molar-refractivity contribution is 1.71. The van der Waals surface area contributed by atoms with Crippen LogP contribution in [0.15, 0.2) is 167 Å². The maximum absolute atomic E-state index is 2.45. The monoisotopic (exact) mass is 700 g/mol. The third-order valence-electron chi connectivity index (χ3n) is 10.5. The molecule has 8 aromatic carbocycles. The van der Waals surface area contributed by atoms with Crippen LogP contribution in [0.1, 0.15) is 0 Å². The summed E-state index contributed by atoms with van der Waals surface area (Å²) in [5.74, 6) is 0. The van der Waals surface area contributed by atoms with Gasteiger partial charge in [-0.2, -0.15) is 22.7 Å². The molecular weight excluding hydrogens is 673 g/mol. The van der Waals surface area contributed by atoms with Crippen molar-refractivity contribution in [1.29, 1.82) is 0 Å². The first-order valence-corrected chi connectivity index (χ1v) is 19.9. The number of rotatable bonds is 4. The van der Waals surface area contributed by atoms with E-state index in [0.717, 1.165) is 0 Å². The average molecular weight is 701 g/mol. The van der Waals surface area contributed by atoms with Gasteiger partial charge in [0.2, 0.25) is 0 Å². The highest BCUT2D eigenvalue weighted by Crippen LogP contribution is 2.49. The van der Waals surface area contributed by atoms with Crippen molar-refractivity contribution in [1.82, 2.24) is 0 Å². The molecule has 0 N–H and O–H groups in total. The Kier molecular flexibility index (Phi) is 6.57. The molecule has 11 rings (SSSR count). The molecule has 238 valence electrons. The van der Waals surface area contributed by atoms with Crippen molar-refractivity contribution in [3.05, 3.63) is 167 Å². The van der Waals surface area contributed by atoms with Gasteiger partial charge in [-0.15, -0.1) is 11.3 Å². The molecule has 0 aliphatic rings. The van der Waals surface area contributed by atoms with Gasteiger partial charge in [0.05, 0.1) is 0 Å². The molecular formula is C48H28S3. The molecule has 0 unspecified atom stereocenters. The van der Waals surface area contributed by atoms with Crippen molar-refractivity contribution in [3.8, 4) is 44.5 Å². The third-order valence-corrected chi connectivity index (χ3v) is 13.1. The van der Waals surface area contributed by atoms with E-state index < -0.39 is 0 Å². The predicted octanol–water partition coefficient (Wildman–Crippen LogP) is 15.5. The Hall–Kier alpha value is -5.58. The first kappa shape index (κ1) is 29.2. The van der Waals surface area contributed by atoms with Crippen LogP contribution in [0.2, 0.25) is 0 Å². The van der Waals surface area contributed by atoms with E-state index in [2.05, 4.69) is 167 Å². The van der Waals surface area contributed by atoms with Crippen LogP contribution in [0.4, 0.5) is 0 Å². The van der Waals surface area contributed by atoms with E-state index in [-0.39, 0.29) is 0 Å². The molecule has 0 saturated carbocycles. The Morgan fingerprint density at radius 2 is 0.745 bits per heavy atom. The van der Waals surface area contributed by atoms with Gasteiger partial charge in [-0.25, -0.2) is 0 Å². The van der Waals surface area contributed by atoms with Gasteiger partial charge in [0.15, 0.2) is 0 Å². The molecule has 0 aliphatic carbocycles. The molecule has 3 aromatic heterocycles. The number of hydrogen-bond donors (Lipinski definition) is 0. The molecule has 0 fully saturated rings. The highest BCUT2D eigenvalue weighted by atomic mass is 32.1. The fraction of sp³-hybridized carbons (Fsp3) is 0. The van der Waals surface area contributed by atoms with E-state index in [9.17, 15) is 0 Å². The van der Waals surface area contributed by atoms with Crippen LogP contribution >= 0.6 is 34.0 Å². The minimum Gasteiger partial charge on any atom is -0.152 e. The fourth-order valence-electron chi connectivity index (χ4n) is 8.44. The zero-order valence-corrected chi connectivity index (χ0v) is 29.8. The molecule has 0 atom stereocenters. The standard InChI is InChI=1S/C48H28S3/c1-3-12-34-32(10-1)44(33-11-2-4-13-35(33)45(34)30-22-24-49-27-30)29-20-21-43-42(26-29)40-18-9-19-41(48(40)51-43)47-38-16-7-5-14-36(38)46(31-23-25-50-28-31)37-15-6-8-17-39(37)47/h1-28H. The second-order valence-corrected chi connectivity index (χ2v) is 15.8. The lowest BCUT2D eigenvalue weighted by Crippen LogP contribution is -1.90. The number of benzene rings is 8. The molecule has 3 heteroatoms. The first-order chi connectivity index (χ1) is 25.3. The van der Waals surface area contributed by atoms with Gasteiger partial charge < -0.3 is 0 Å². The second kappa shape index (κ2) is 11.5. The van der Waals surface area contributed by atoms with Crippen molar-refractivity contribution in [2.75, 3.05) is 0 Å². The molecule has 0 aliphatic heterocycles. The summed E-state index contributed by atoms with van der Waals surface area (Å²) in [5, 5.41) is 21.9. The number of hydrogen-bond acceptors (Lipinski definition) is 3. The van der Waals surface area contributed by atoms with Crippen molar-refractivity contribution in [2.45, 2.75) is 0 Å². The quantitative estimate of drug-likeness (QED) is 0.160. The summed E-state index contributed by atoms with van der Waals surface area (Å²) in [6.07, 6.45) is 0. The Balaban J connectivity index is 1.19. The number of thiophene rings is 3. The zero-order valence-electron chi connectivity index (χ0n) is 27.4. The topological polar surface area (TPSA) is 0 Å².